The van der Waals surface area contributed by atoms with E-state index in [1.165, 1.54) is 29.6 Å². The fourth-order valence-electron chi connectivity index (χ4n) is 2.74. The highest BCUT2D eigenvalue weighted by Crippen LogP contribution is 2.39. The van der Waals surface area contributed by atoms with Crippen LogP contribution in [0.15, 0.2) is 24.3 Å². The zero-order valence-electron chi connectivity index (χ0n) is 10.4. The molecule has 0 saturated heterocycles. The Bertz CT molecular complexity index is 530. The maximum atomic E-state index is 4.48. The van der Waals surface area contributed by atoms with E-state index in [1.54, 1.807) is 11.5 Å². The van der Waals surface area contributed by atoms with Crippen LogP contribution in [-0.4, -0.2) is 10.4 Å². The Morgan fingerprint density at radius 3 is 2.94 bits per heavy atom. The molecule has 1 aliphatic rings. The largest absolute Gasteiger partial charge is 0.372 e. The number of hydrogen-bond acceptors (Lipinski definition) is 3. The van der Waals surface area contributed by atoms with E-state index >= 15 is 0 Å². The van der Waals surface area contributed by atoms with Crippen molar-refractivity contribution >= 4 is 27.4 Å². The maximum Gasteiger partial charge on any atom is 0.117 e. The summed E-state index contributed by atoms with van der Waals surface area (Å²) in [5, 5.41) is 6.18. The van der Waals surface area contributed by atoms with Crippen molar-refractivity contribution in [1.29, 1.82) is 0 Å². The monoisotopic (exact) mass is 246 g/mol. The molecule has 2 aromatic rings. The summed E-state index contributed by atoms with van der Waals surface area (Å²) in [6.07, 6.45) is 3.86. The Balaban J connectivity index is 1.82. The SMILES string of the molecule is CC1(C)CCC(Nc2snc3ccccc23)C1. The molecule has 0 radical (unpaired) electrons. The van der Waals surface area contributed by atoms with Crippen LogP contribution in [0.2, 0.25) is 0 Å². The minimum Gasteiger partial charge on any atom is -0.372 e. The highest BCUT2D eigenvalue weighted by atomic mass is 32.1. The molecule has 3 heteroatoms. The van der Waals surface area contributed by atoms with Gasteiger partial charge >= 0.3 is 0 Å². The molecule has 17 heavy (non-hydrogen) atoms. The molecule has 3 rings (SSSR count). The first-order chi connectivity index (χ1) is 8.14. The molecule has 0 spiro atoms. The van der Waals surface area contributed by atoms with Gasteiger partial charge in [0.15, 0.2) is 0 Å². The third-order valence-corrected chi connectivity index (χ3v) is 4.50. The Kier molecular flexibility index (Phi) is 2.58. The van der Waals surface area contributed by atoms with Crippen molar-refractivity contribution in [1.82, 2.24) is 4.37 Å². The maximum absolute atomic E-state index is 4.48. The van der Waals surface area contributed by atoms with E-state index in [2.05, 4.69) is 41.7 Å². The van der Waals surface area contributed by atoms with Gasteiger partial charge in [-0.1, -0.05) is 26.0 Å². The number of hydrogen-bond donors (Lipinski definition) is 1. The van der Waals surface area contributed by atoms with Crippen LogP contribution in [0.4, 0.5) is 5.00 Å². The lowest BCUT2D eigenvalue weighted by Gasteiger charge is -2.17. The number of aromatic nitrogens is 1. The van der Waals surface area contributed by atoms with Crippen LogP contribution < -0.4 is 5.32 Å². The molecule has 1 fully saturated rings. The molecule has 1 saturated carbocycles. The zero-order valence-corrected chi connectivity index (χ0v) is 11.2. The van der Waals surface area contributed by atoms with Gasteiger partial charge in [-0.25, -0.2) is 0 Å². The van der Waals surface area contributed by atoms with Crippen LogP contribution in [0.3, 0.4) is 0 Å². The van der Waals surface area contributed by atoms with Gasteiger partial charge in [0.25, 0.3) is 0 Å². The fraction of sp³-hybridized carbons (Fsp3) is 0.500. The Morgan fingerprint density at radius 2 is 2.18 bits per heavy atom. The molecule has 90 valence electrons. The average molecular weight is 246 g/mol. The molecule has 1 N–H and O–H groups in total. The first-order valence-corrected chi connectivity index (χ1v) is 7.02. The predicted molar refractivity (Wildman–Crippen MR) is 74.7 cm³/mol. The minimum atomic E-state index is 0.498. The van der Waals surface area contributed by atoms with Gasteiger partial charge in [0.2, 0.25) is 0 Å². The lowest BCUT2D eigenvalue weighted by atomic mass is 9.92. The molecule has 0 amide bonds. The molecule has 1 heterocycles. The zero-order chi connectivity index (χ0) is 11.9. The van der Waals surface area contributed by atoms with Crippen molar-refractivity contribution < 1.29 is 0 Å². The summed E-state index contributed by atoms with van der Waals surface area (Å²) in [4.78, 5) is 0. The van der Waals surface area contributed by atoms with Gasteiger partial charge in [-0.3, -0.25) is 0 Å². The average Bonchev–Trinajstić information content (AvgIpc) is 2.84. The predicted octanol–water partition coefficient (Wildman–Crippen LogP) is 4.29. The number of rotatable bonds is 2. The van der Waals surface area contributed by atoms with Crippen LogP contribution in [-0.2, 0) is 0 Å². The second kappa shape index (κ2) is 3.98. The van der Waals surface area contributed by atoms with Crippen LogP contribution in [0.25, 0.3) is 10.9 Å². The summed E-state index contributed by atoms with van der Waals surface area (Å²) >= 11 is 1.59. The number of nitrogens with zero attached hydrogens (tertiary/aromatic N) is 1. The summed E-state index contributed by atoms with van der Waals surface area (Å²) in [5.41, 5.74) is 1.61. The van der Waals surface area contributed by atoms with E-state index in [9.17, 15) is 0 Å². The molecule has 1 aromatic heterocycles. The molecule has 2 nitrogen and oxygen atoms in total. The lowest BCUT2D eigenvalue weighted by molar-refractivity contribution is 0.378. The normalized spacial score (nSPS) is 23.1. The van der Waals surface area contributed by atoms with E-state index in [0.29, 0.717) is 11.5 Å². The van der Waals surface area contributed by atoms with E-state index < -0.39 is 0 Å². The highest BCUT2D eigenvalue weighted by Gasteiger charge is 2.31. The third-order valence-electron chi connectivity index (χ3n) is 3.69. The van der Waals surface area contributed by atoms with Crippen LogP contribution in [0.1, 0.15) is 33.1 Å². The van der Waals surface area contributed by atoms with Gasteiger partial charge in [0.05, 0.1) is 5.52 Å². The van der Waals surface area contributed by atoms with Crippen molar-refractivity contribution in [2.24, 2.45) is 5.41 Å². The summed E-state index contributed by atoms with van der Waals surface area (Å²) in [6, 6.07) is 8.98. The minimum absolute atomic E-state index is 0.498. The van der Waals surface area contributed by atoms with Gasteiger partial charge in [0, 0.05) is 11.4 Å². The molecule has 0 bridgehead atoms. The van der Waals surface area contributed by atoms with Crippen molar-refractivity contribution in [3.63, 3.8) is 0 Å². The van der Waals surface area contributed by atoms with Gasteiger partial charge in [0.1, 0.15) is 5.00 Å². The van der Waals surface area contributed by atoms with Gasteiger partial charge in [-0.15, -0.1) is 0 Å². The van der Waals surface area contributed by atoms with E-state index in [-0.39, 0.29) is 0 Å². The van der Waals surface area contributed by atoms with Crippen LogP contribution in [0, 0.1) is 5.41 Å². The molecule has 1 atom stereocenters. The third kappa shape index (κ3) is 2.16. The van der Waals surface area contributed by atoms with Gasteiger partial charge in [-0.05, 0) is 48.3 Å². The quantitative estimate of drug-likeness (QED) is 0.855. The molecule has 1 unspecified atom stereocenters. The smallest absolute Gasteiger partial charge is 0.117 e. The van der Waals surface area contributed by atoms with Crippen molar-refractivity contribution in [3.8, 4) is 0 Å². The summed E-state index contributed by atoms with van der Waals surface area (Å²) in [6.45, 7) is 4.72. The Hall–Kier alpha value is -1.09. The molecular formula is C14H18N2S. The van der Waals surface area contributed by atoms with Crippen LogP contribution >= 0.6 is 11.5 Å². The number of benzene rings is 1. The summed E-state index contributed by atoms with van der Waals surface area (Å²) in [7, 11) is 0. The van der Waals surface area contributed by atoms with Crippen molar-refractivity contribution in [3.05, 3.63) is 24.3 Å². The fourth-order valence-corrected chi connectivity index (χ4v) is 3.58. The molecular weight excluding hydrogens is 228 g/mol. The van der Waals surface area contributed by atoms with Crippen LogP contribution in [0.5, 0.6) is 0 Å². The highest BCUT2D eigenvalue weighted by molar-refractivity contribution is 7.11. The molecule has 0 aliphatic heterocycles. The van der Waals surface area contributed by atoms with E-state index in [1.807, 2.05) is 6.07 Å². The number of anilines is 1. The van der Waals surface area contributed by atoms with Crippen molar-refractivity contribution in [2.75, 3.05) is 5.32 Å². The second-order valence-electron chi connectivity index (χ2n) is 5.78. The first kappa shape index (κ1) is 11.0. The standard InChI is InChI=1S/C14H18N2S/c1-14(2)8-7-10(9-14)15-13-11-5-3-4-6-12(11)16-17-13/h3-6,10,15H,7-9H2,1-2H3. The molecule has 1 aromatic carbocycles. The topological polar surface area (TPSA) is 24.9 Å². The number of nitrogens with one attached hydrogen (secondary N) is 1. The van der Waals surface area contributed by atoms with Gasteiger partial charge in [-0.2, -0.15) is 4.37 Å². The Morgan fingerprint density at radius 1 is 1.35 bits per heavy atom. The summed E-state index contributed by atoms with van der Waals surface area (Å²) < 4.78 is 4.48. The second-order valence-corrected chi connectivity index (χ2v) is 6.55. The van der Waals surface area contributed by atoms with Crippen molar-refractivity contribution in [2.45, 2.75) is 39.2 Å². The van der Waals surface area contributed by atoms with E-state index in [4.69, 9.17) is 0 Å². The first-order valence-electron chi connectivity index (χ1n) is 6.25. The molecule has 1 aliphatic carbocycles. The number of fused-ring (bicyclic) bond motifs is 1. The lowest BCUT2D eigenvalue weighted by Crippen LogP contribution is -2.16. The Labute approximate surface area is 106 Å². The van der Waals surface area contributed by atoms with E-state index in [0.717, 1.165) is 5.52 Å². The van der Waals surface area contributed by atoms with Gasteiger partial charge < -0.3 is 5.32 Å². The summed E-state index contributed by atoms with van der Waals surface area (Å²) in [5.74, 6) is 0.